The first-order valence-corrected chi connectivity index (χ1v) is 8.63. The number of halogens is 2. The van der Waals surface area contributed by atoms with Gasteiger partial charge in [0.2, 0.25) is 0 Å². The summed E-state index contributed by atoms with van der Waals surface area (Å²) in [5, 5.41) is 0. The van der Waals surface area contributed by atoms with Crippen molar-refractivity contribution in [1.82, 2.24) is 0 Å². The van der Waals surface area contributed by atoms with E-state index in [0.29, 0.717) is 5.56 Å². The predicted octanol–water partition coefficient (Wildman–Crippen LogP) is 5.49. The Hall–Kier alpha value is -0.580. The van der Waals surface area contributed by atoms with E-state index >= 15 is 0 Å². The van der Waals surface area contributed by atoms with Crippen LogP contribution in [0.25, 0.3) is 0 Å². The second kappa shape index (κ2) is 6.73. The summed E-state index contributed by atoms with van der Waals surface area (Å²) in [5.74, 6) is 0.0735. The van der Waals surface area contributed by atoms with E-state index in [9.17, 15) is 4.79 Å². The van der Waals surface area contributed by atoms with Crippen molar-refractivity contribution < 1.29 is 4.79 Å². The highest BCUT2D eigenvalue weighted by atomic mass is 79.9. The van der Waals surface area contributed by atoms with E-state index in [1.807, 2.05) is 54.8 Å². The molecule has 0 spiro atoms. The second-order valence-corrected chi connectivity index (χ2v) is 6.72. The zero-order chi connectivity index (χ0) is 13.8. The highest BCUT2D eigenvalue weighted by Crippen LogP contribution is 2.29. The minimum atomic E-state index is -0.301. The number of carbonyl (C=O) groups is 1. The summed E-state index contributed by atoms with van der Waals surface area (Å²) in [6.45, 7) is 0. The molecule has 0 saturated heterocycles. The Morgan fingerprint density at radius 2 is 1.63 bits per heavy atom. The molecule has 19 heavy (non-hydrogen) atoms. The van der Waals surface area contributed by atoms with Gasteiger partial charge in [-0.2, -0.15) is 0 Å². The molecule has 4 heteroatoms. The molecule has 0 fully saturated rings. The smallest absolute Gasteiger partial charge is 0.180 e. The van der Waals surface area contributed by atoms with Gasteiger partial charge in [-0.25, -0.2) is 0 Å². The molecule has 0 bridgehead atoms. The van der Waals surface area contributed by atoms with Crippen molar-refractivity contribution >= 4 is 49.4 Å². The van der Waals surface area contributed by atoms with Gasteiger partial charge in [0.05, 0.1) is 0 Å². The lowest BCUT2D eigenvalue weighted by Gasteiger charge is -2.10. The summed E-state index contributed by atoms with van der Waals surface area (Å²) in [4.78, 5) is 13.2. The first-order valence-electron chi connectivity index (χ1n) is 5.69. The van der Waals surface area contributed by atoms with Crippen LogP contribution in [-0.4, -0.2) is 12.0 Å². The lowest BCUT2D eigenvalue weighted by atomic mass is 10.0. The van der Waals surface area contributed by atoms with E-state index in [1.54, 1.807) is 11.8 Å². The van der Waals surface area contributed by atoms with Crippen LogP contribution >= 0.6 is 43.6 Å². The topological polar surface area (TPSA) is 17.1 Å². The fourth-order valence-corrected chi connectivity index (χ4v) is 2.93. The van der Waals surface area contributed by atoms with Crippen LogP contribution in [0.4, 0.5) is 0 Å². The maximum Gasteiger partial charge on any atom is 0.180 e. The van der Waals surface area contributed by atoms with Crippen LogP contribution in [0.5, 0.6) is 0 Å². The van der Waals surface area contributed by atoms with E-state index in [1.165, 1.54) is 4.90 Å². The largest absolute Gasteiger partial charge is 0.293 e. The van der Waals surface area contributed by atoms with Gasteiger partial charge in [-0.15, -0.1) is 11.8 Å². The molecule has 0 aromatic heterocycles. The van der Waals surface area contributed by atoms with Gasteiger partial charge >= 0.3 is 0 Å². The number of thioether (sulfide) groups is 1. The van der Waals surface area contributed by atoms with E-state index in [0.717, 1.165) is 10.0 Å². The number of carbonyl (C=O) groups excluding carboxylic acids is 1. The Kier molecular flexibility index (Phi) is 5.25. The Balaban J connectivity index is 2.20. The van der Waals surface area contributed by atoms with Crippen LogP contribution in [0, 0.1) is 0 Å². The average molecular weight is 400 g/mol. The third-order valence-corrected chi connectivity index (χ3v) is 4.98. The van der Waals surface area contributed by atoms with Crippen LogP contribution in [-0.2, 0) is 0 Å². The van der Waals surface area contributed by atoms with Gasteiger partial charge in [-0.05, 0) is 36.1 Å². The molecule has 0 saturated carbocycles. The fourth-order valence-electron chi connectivity index (χ4n) is 1.68. The fraction of sp³-hybridized carbons (Fsp3) is 0.133. The number of rotatable bonds is 4. The van der Waals surface area contributed by atoms with Gasteiger partial charge in [-0.1, -0.05) is 56.1 Å². The van der Waals surface area contributed by atoms with Crippen molar-refractivity contribution in [1.29, 1.82) is 0 Å². The number of benzene rings is 2. The highest BCUT2D eigenvalue weighted by Gasteiger charge is 2.18. The minimum absolute atomic E-state index is 0.0735. The van der Waals surface area contributed by atoms with Crippen LogP contribution in [0.1, 0.15) is 20.7 Å². The predicted molar refractivity (Wildman–Crippen MR) is 88.4 cm³/mol. The van der Waals surface area contributed by atoms with Crippen molar-refractivity contribution in [3.05, 3.63) is 64.1 Å². The molecule has 98 valence electrons. The summed E-state index contributed by atoms with van der Waals surface area (Å²) < 4.78 is 0.972. The normalized spacial score (nSPS) is 12.2. The van der Waals surface area contributed by atoms with E-state index < -0.39 is 0 Å². The van der Waals surface area contributed by atoms with Crippen molar-refractivity contribution in [3.8, 4) is 0 Å². The van der Waals surface area contributed by atoms with Crippen LogP contribution in [0.3, 0.4) is 0 Å². The molecule has 0 aliphatic carbocycles. The summed E-state index contributed by atoms with van der Waals surface area (Å²) in [7, 11) is 0. The van der Waals surface area contributed by atoms with Gasteiger partial charge in [0.25, 0.3) is 0 Å². The van der Waals surface area contributed by atoms with Crippen molar-refractivity contribution in [2.24, 2.45) is 0 Å². The molecule has 2 aromatic rings. The Morgan fingerprint density at radius 1 is 1.05 bits per heavy atom. The number of alkyl halides is 1. The number of Topliss-reactive ketones (excluding diaryl/α,β-unsaturated/α-hetero) is 1. The molecule has 2 rings (SSSR count). The standard InChI is InChI=1S/C15H12Br2OS/c1-19-13-8-4-10(5-9-13)14(17)15(18)11-2-6-12(16)7-3-11/h2-9,14H,1H3. The molecule has 0 N–H and O–H groups in total. The number of hydrogen-bond acceptors (Lipinski definition) is 2. The molecule has 0 heterocycles. The average Bonchev–Trinajstić information content (AvgIpc) is 2.46. The first-order chi connectivity index (χ1) is 9.11. The molecular formula is C15H12Br2OS. The molecule has 0 aliphatic heterocycles. The monoisotopic (exact) mass is 398 g/mol. The van der Waals surface area contributed by atoms with Gasteiger partial charge in [0.1, 0.15) is 4.83 Å². The Bertz CT molecular complexity index is 564. The van der Waals surface area contributed by atoms with Gasteiger partial charge in [0, 0.05) is 14.9 Å². The first kappa shape index (κ1) is 14.8. The quantitative estimate of drug-likeness (QED) is 0.384. The minimum Gasteiger partial charge on any atom is -0.293 e. The highest BCUT2D eigenvalue weighted by molar-refractivity contribution is 9.10. The van der Waals surface area contributed by atoms with E-state index in [2.05, 4.69) is 31.9 Å². The SMILES string of the molecule is CSc1ccc(C(Br)C(=O)c2ccc(Br)cc2)cc1. The number of ketones is 1. The summed E-state index contributed by atoms with van der Waals surface area (Å²) >= 11 is 8.54. The lowest BCUT2D eigenvalue weighted by Crippen LogP contribution is -2.06. The van der Waals surface area contributed by atoms with Gasteiger partial charge in [0.15, 0.2) is 5.78 Å². The number of hydrogen-bond donors (Lipinski definition) is 0. The van der Waals surface area contributed by atoms with Crippen LogP contribution in [0.15, 0.2) is 57.9 Å². The summed E-state index contributed by atoms with van der Waals surface area (Å²) in [5.41, 5.74) is 1.68. The molecule has 1 nitrogen and oxygen atoms in total. The van der Waals surface area contributed by atoms with Crippen molar-refractivity contribution in [3.63, 3.8) is 0 Å². The zero-order valence-corrected chi connectivity index (χ0v) is 14.3. The zero-order valence-electron chi connectivity index (χ0n) is 10.3. The van der Waals surface area contributed by atoms with Gasteiger partial charge < -0.3 is 0 Å². The summed E-state index contributed by atoms with van der Waals surface area (Å²) in [6, 6.07) is 15.5. The Labute approximate surface area is 134 Å². The second-order valence-electron chi connectivity index (χ2n) is 4.01. The van der Waals surface area contributed by atoms with Gasteiger partial charge in [-0.3, -0.25) is 4.79 Å². The molecule has 0 amide bonds. The third kappa shape index (κ3) is 3.71. The van der Waals surface area contributed by atoms with Crippen molar-refractivity contribution in [2.45, 2.75) is 9.72 Å². The third-order valence-electron chi connectivity index (χ3n) is 2.77. The lowest BCUT2D eigenvalue weighted by molar-refractivity contribution is 0.0991. The molecule has 2 aromatic carbocycles. The maximum absolute atomic E-state index is 12.3. The van der Waals surface area contributed by atoms with E-state index in [4.69, 9.17) is 0 Å². The molecule has 1 unspecified atom stereocenters. The van der Waals surface area contributed by atoms with Crippen LogP contribution in [0.2, 0.25) is 0 Å². The van der Waals surface area contributed by atoms with Crippen LogP contribution < -0.4 is 0 Å². The maximum atomic E-state index is 12.3. The van der Waals surface area contributed by atoms with Crippen molar-refractivity contribution in [2.75, 3.05) is 6.26 Å². The summed E-state index contributed by atoms with van der Waals surface area (Å²) in [6.07, 6.45) is 2.04. The van der Waals surface area contributed by atoms with E-state index in [-0.39, 0.29) is 10.6 Å². The molecule has 0 aliphatic rings. The molecular weight excluding hydrogens is 388 g/mol. The Morgan fingerprint density at radius 3 is 2.16 bits per heavy atom. The molecule has 0 radical (unpaired) electrons. The molecule has 1 atom stereocenters.